The topological polar surface area (TPSA) is 171 Å². The normalized spacial score (nSPS) is 25.8. The SMILES string of the molecule is Nc1ccc2c(c1)C(N)(N)C1(NCN1)C(N)(N)C2=O. The van der Waals surface area contributed by atoms with E-state index in [0.29, 0.717) is 23.5 Å². The van der Waals surface area contributed by atoms with Crippen molar-refractivity contribution in [2.75, 3.05) is 12.4 Å². The molecule has 1 saturated heterocycles. The highest BCUT2D eigenvalue weighted by Gasteiger charge is 2.68. The fourth-order valence-corrected chi connectivity index (χ4v) is 2.89. The minimum atomic E-state index is -1.75. The van der Waals surface area contributed by atoms with Gasteiger partial charge in [0.25, 0.3) is 0 Å². The van der Waals surface area contributed by atoms with Crippen LogP contribution in [-0.2, 0) is 5.66 Å². The molecule has 1 heterocycles. The summed E-state index contributed by atoms with van der Waals surface area (Å²) in [5, 5.41) is 5.92. The molecule has 12 N–H and O–H groups in total. The van der Waals surface area contributed by atoms with Gasteiger partial charge in [-0.15, -0.1) is 0 Å². The number of nitrogens with two attached hydrogens (primary N) is 5. The zero-order chi connectivity index (χ0) is 14.1. The molecule has 0 aromatic heterocycles. The molecule has 0 bridgehead atoms. The molecule has 1 aromatic carbocycles. The van der Waals surface area contributed by atoms with Crippen LogP contribution in [0, 0.1) is 0 Å². The molecule has 0 saturated carbocycles. The maximum absolute atomic E-state index is 12.5. The van der Waals surface area contributed by atoms with Crippen LogP contribution in [0.1, 0.15) is 15.9 Å². The van der Waals surface area contributed by atoms with E-state index < -0.39 is 22.8 Å². The van der Waals surface area contributed by atoms with Gasteiger partial charge in [-0.3, -0.25) is 15.4 Å². The number of hydrogen-bond donors (Lipinski definition) is 7. The number of fused-ring (bicyclic) bond motifs is 1. The first-order chi connectivity index (χ1) is 8.74. The number of hydrogen-bond acceptors (Lipinski definition) is 8. The molecule has 19 heavy (non-hydrogen) atoms. The van der Waals surface area contributed by atoms with Gasteiger partial charge >= 0.3 is 0 Å². The van der Waals surface area contributed by atoms with Gasteiger partial charge in [0.2, 0.25) is 5.78 Å². The van der Waals surface area contributed by atoms with Crippen LogP contribution in [0.4, 0.5) is 5.69 Å². The molecule has 2 aliphatic rings. The number of carbonyl (C=O) groups is 1. The maximum atomic E-state index is 12.5. The van der Waals surface area contributed by atoms with Gasteiger partial charge < -0.3 is 28.7 Å². The lowest BCUT2D eigenvalue weighted by Crippen LogP contribution is -2.98. The number of nitrogens with one attached hydrogen (secondary N) is 2. The average molecular weight is 263 g/mol. The third-order valence-corrected chi connectivity index (χ3v) is 4.06. The van der Waals surface area contributed by atoms with E-state index in [0.717, 1.165) is 0 Å². The highest BCUT2D eigenvalue weighted by molar-refractivity contribution is 6.07. The molecule has 8 nitrogen and oxygen atoms in total. The first-order valence-corrected chi connectivity index (χ1v) is 5.84. The summed E-state index contributed by atoms with van der Waals surface area (Å²) in [4.78, 5) is 12.5. The van der Waals surface area contributed by atoms with Crippen LogP contribution >= 0.6 is 0 Å². The largest absolute Gasteiger partial charge is 0.399 e. The van der Waals surface area contributed by atoms with E-state index in [1.165, 1.54) is 0 Å². The summed E-state index contributed by atoms with van der Waals surface area (Å²) in [5.41, 5.74) is 26.9. The lowest BCUT2D eigenvalue weighted by atomic mass is 9.66. The summed E-state index contributed by atoms with van der Waals surface area (Å²) in [6.07, 6.45) is 0. The number of carbonyl (C=O) groups excluding carboxylic acids is 1. The standard InChI is InChI=1S/C11H17N7O/c12-5-1-2-6-7(3-5)9(13,14)11(17-4-18-11)10(15,16)8(6)19/h1-3,17-18H,4,12-16H2. The molecular formula is C11H17N7O. The highest BCUT2D eigenvalue weighted by atomic mass is 16.1. The Hall–Kier alpha value is -1.55. The summed E-state index contributed by atoms with van der Waals surface area (Å²) in [7, 11) is 0. The first kappa shape index (κ1) is 12.5. The number of nitrogen functional groups attached to an aromatic ring is 1. The van der Waals surface area contributed by atoms with E-state index >= 15 is 0 Å². The lowest BCUT2D eigenvalue weighted by molar-refractivity contribution is -0.0238. The van der Waals surface area contributed by atoms with Crippen molar-refractivity contribution in [3.63, 3.8) is 0 Å². The van der Waals surface area contributed by atoms with Crippen molar-refractivity contribution in [3.05, 3.63) is 29.3 Å². The molecule has 1 aromatic rings. The molecule has 0 amide bonds. The van der Waals surface area contributed by atoms with E-state index in [9.17, 15) is 4.79 Å². The Labute approximate surface area is 109 Å². The van der Waals surface area contributed by atoms with Crippen molar-refractivity contribution < 1.29 is 4.79 Å². The van der Waals surface area contributed by atoms with Crippen LogP contribution < -0.4 is 39.3 Å². The van der Waals surface area contributed by atoms with Gasteiger partial charge in [0.15, 0.2) is 5.66 Å². The summed E-state index contributed by atoms with van der Waals surface area (Å²) in [6, 6.07) is 4.70. The molecule has 1 aliphatic heterocycles. The van der Waals surface area contributed by atoms with Crippen LogP contribution in [0.2, 0.25) is 0 Å². The first-order valence-electron chi connectivity index (χ1n) is 5.84. The van der Waals surface area contributed by atoms with Gasteiger partial charge in [0.1, 0.15) is 11.3 Å². The monoisotopic (exact) mass is 263 g/mol. The smallest absolute Gasteiger partial charge is 0.200 e. The maximum Gasteiger partial charge on any atom is 0.200 e. The Bertz CT molecular complexity index is 576. The van der Waals surface area contributed by atoms with Crippen molar-refractivity contribution in [2.45, 2.75) is 17.0 Å². The quantitative estimate of drug-likeness (QED) is 0.191. The number of anilines is 1. The van der Waals surface area contributed by atoms with Crippen LogP contribution in [0.25, 0.3) is 0 Å². The van der Waals surface area contributed by atoms with Crippen molar-refractivity contribution >= 4 is 11.5 Å². The van der Waals surface area contributed by atoms with E-state index in [1.54, 1.807) is 18.2 Å². The second kappa shape index (κ2) is 3.31. The van der Waals surface area contributed by atoms with Crippen LogP contribution in [0.3, 0.4) is 0 Å². The molecule has 102 valence electrons. The Kier molecular flexibility index (Phi) is 2.17. The molecule has 1 fully saturated rings. The van der Waals surface area contributed by atoms with E-state index in [4.69, 9.17) is 28.7 Å². The summed E-state index contributed by atoms with van der Waals surface area (Å²) in [6.45, 7) is 0.414. The Morgan fingerprint density at radius 1 is 1.05 bits per heavy atom. The number of rotatable bonds is 0. The van der Waals surface area contributed by atoms with Gasteiger partial charge in [0, 0.05) is 23.5 Å². The van der Waals surface area contributed by atoms with Crippen LogP contribution in [-0.4, -0.2) is 23.8 Å². The Morgan fingerprint density at radius 2 is 1.68 bits per heavy atom. The van der Waals surface area contributed by atoms with Gasteiger partial charge in [-0.25, -0.2) is 0 Å². The van der Waals surface area contributed by atoms with Crippen LogP contribution in [0.15, 0.2) is 18.2 Å². The molecule has 0 unspecified atom stereocenters. The van der Waals surface area contributed by atoms with E-state index in [-0.39, 0.29) is 0 Å². The zero-order valence-corrected chi connectivity index (χ0v) is 10.2. The molecule has 8 heteroatoms. The fraction of sp³-hybridized carbons (Fsp3) is 0.364. The highest BCUT2D eigenvalue weighted by Crippen LogP contribution is 2.41. The minimum absolute atomic E-state index is 0.297. The second-order valence-electron chi connectivity index (χ2n) is 5.15. The van der Waals surface area contributed by atoms with Crippen molar-refractivity contribution in [2.24, 2.45) is 22.9 Å². The number of Topliss-reactive ketones (excluding diaryl/α,β-unsaturated/α-hetero) is 1. The van der Waals surface area contributed by atoms with Crippen molar-refractivity contribution in [1.29, 1.82) is 0 Å². The van der Waals surface area contributed by atoms with Crippen molar-refractivity contribution in [1.82, 2.24) is 10.6 Å². The van der Waals surface area contributed by atoms with Gasteiger partial charge in [-0.05, 0) is 18.2 Å². The van der Waals surface area contributed by atoms with E-state index in [1.807, 2.05) is 0 Å². The molecule has 1 spiro atoms. The third kappa shape index (κ3) is 1.20. The van der Waals surface area contributed by atoms with Crippen molar-refractivity contribution in [3.8, 4) is 0 Å². The van der Waals surface area contributed by atoms with Gasteiger partial charge in [-0.1, -0.05) is 0 Å². The summed E-state index contributed by atoms with van der Waals surface area (Å²) in [5.74, 6) is -0.436. The molecule has 0 radical (unpaired) electrons. The molecule has 0 atom stereocenters. The minimum Gasteiger partial charge on any atom is -0.399 e. The van der Waals surface area contributed by atoms with Crippen LogP contribution in [0.5, 0.6) is 0 Å². The second-order valence-corrected chi connectivity index (χ2v) is 5.15. The Morgan fingerprint density at radius 3 is 2.21 bits per heavy atom. The number of benzene rings is 1. The van der Waals surface area contributed by atoms with E-state index in [2.05, 4.69) is 10.6 Å². The summed E-state index contributed by atoms with van der Waals surface area (Å²) >= 11 is 0. The Balaban J connectivity index is 2.32. The third-order valence-electron chi connectivity index (χ3n) is 4.06. The van der Waals surface area contributed by atoms with Gasteiger partial charge in [-0.2, -0.15) is 0 Å². The predicted octanol–water partition coefficient (Wildman–Crippen LogP) is -3.00. The fourth-order valence-electron chi connectivity index (χ4n) is 2.89. The predicted molar refractivity (Wildman–Crippen MR) is 70.2 cm³/mol. The zero-order valence-electron chi connectivity index (χ0n) is 10.2. The number of ketones is 1. The summed E-state index contributed by atoms with van der Waals surface area (Å²) < 4.78 is 0. The molecular weight excluding hydrogens is 246 g/mol. The lowest BCUT2D eigenvalue weighted by Gasteiger charge is -2.62. The molecule has 3 rings (SSSR count). The molecule has 1 aliphatic carbocycles. The van der Waals surface area contributed by atoms with Gasteiger partial charge in [0.05, 0.1) is 0 Å². The average Bonchev–Trinajstić information content (AvgIpc) is 2.24.